The molecule has 0 aliphatic heterocycles. The van der Waals surface area contributed by atoms with Crippen molar-refractivity contribution in [2.45, 2.75) is 6.61 Å². The number of rotatable bonds is 3. The largest absolute Gasteiger partial charge is 0.457 e. The Bertz CT molecular complexity index is 662. The molecule has 104 valence electrons. The number of hydrogen-bond acceptors (Lipinski definition) is 3. The van der Waals surface area contributed by atoms with E-state index >= 15 is 0 Å². The maximum Gasteiger partial charge on any atom is 0.340 e. The molecule has 2 aromatic rings. The van der Waals surface area contributed by atoms with Crippen LogP contribution in [0, 0.1) is 5.82 Å². The highest BCUT2D eigenvalue weighted by molar-refractivity contribution is 6.31. The smallest absolute Gasteiger partial charge is 0.340 e. The predicted octanol–water partition coefficient (Wildman–Crippen LogP) is 4.07. The molecule has 20 heavy (non-hydrogen) atoms. The average molecular weight is 314 g/mol. The molecule has 0 heterocycles. The minimum Gasteiger partial charge on any atom is -0.457 e. The predicted molar refractivity (Wildman–Crippen MR) is 76.4 cm³/mol. The van der Waals surface area contributed by atoms with E-state index in [9.17, 15) is 9.18 Å². The van der Waals surface area contributed by atoms with Gasteiger partial charge in [0.1, 0.15) is 12.4 Å². The van der Waals surface area contributed by atoms with Crippen molar-refractivity contribution < 1.29 is 13.9 Å². The number of hydrogen-bond donors (Lipinski definition) is 1. The lowest BCUT2D eigenvalue weighted by molar-refractivity contribution is 0.0473. The summed E-state index contributed by atoms with van der Waals surface area (Å²) < 4.78 is 18.1. The van der Waals surface area contributed by atoms with Gasteiger partial charge in [0, 0.05) is 21.3 Å². The fourth-order valence-electron chi connectivity index (χ4n) is 1.58. The number of nitrogens with two attached hydrogens (primary N) is 1. The molecule has 0 fully saturated rings. The van der Waals surface area contributed by atoms with Gasteiger partial charge in [-0.05, 0) is 36.4 Å². The van der Waals surface area contributed by atoms with Crippen LogP contribution < -0.4 is 5.73 Å². The summed E-state index contributed by atoms with van der Waals surface area (Å²) in [4.78, 5) is 11.9. The lowest BCUT2D eigenvalue weighted by Crippen LogP contribution is -2.08. The number of benzene rings is 2. The zero-order valence-corrected chi connectivity index (χ0v) is 11.7. The number of halogens is 3. The van der Waals surface area contributed by atoms with Crippen molar-refractivity contribution in [1.29, 1.82) is 0 Å². The Kier molecular flexibility index (Phi) is 4.47. The van der Waals surface area contributed by atoms with Crippen molar-refractivity contribution in [2.24, 2.45) is 0 Å². The maximum atomic E-state index is 13.1. The third-order valence-electron chi connectivity index (χ3n) is 2.60. The Labute approximate surface area is 125 Å². The molecule has 0 bridgehead atoms. The van der Waals surface area contributed by atoms with E-state index in [-0.39, 0.29) is 17.9 Å². The van der Waals surface area contributed by atoms with E-state index < -0.39 is 11.8 Å². The van der Waals surface area contributed by atoms with Crippen molar-refractivity contribution >= 4 is 34.9 Å². The topological polar surface area (TPSA) is 52.3 Å². The molecule has 0 saturated heterocycles. The van der Waals surface area contributed by atoms with Crippen molar-refractivity contribution in [1.82, 2.24) is 0 Å². The average Bonchev–Trinajstić information content (AvgIpc) is 2.42. The molecule has 2 aromatic carbocycles. The number of ether oxygens (including phenoxy) is 1. The van der Waals surface area contributed by atoms with Crippen molar-refractivity contribution in [3.63, 3.8) is 0 Å². The zero-order valence-electron chi connectivity index (χ0n) is 10.2. The molecular weight excluding hydrogens is 304 g/mol. The van der Waals surface area contributed by atoms with Crippen LogP contribution in [0.1, 0.15) is 15.9 Å². The molecule has 2 N–H and O–H groups in total. The van der Waals surface area contributed by atoms with E-state index in [2.05, 4.69) is 0 Å². The molecule has 0 spiro atoms. The Balaban J connectivity index is 2.12. The van der Waals surface area contributed by atoms with Gasteiger partial charge in [0.2, 0.25) is 0 Å². The zero-order chi connectivity index (χ0) is 14.7. The molecule has 0 amide bonds. The number of esters is 1. The van der Waals surface area contributed by atoms with Gasteiger partial charge in [-0.1, -0.05) is 23.2 Å². The van der Waals surface area contributed by atoms with Gasteiger partial charge in [-0.2, -0.15) is 0 Å². The van der Waals surface area contributed by atoms with Crippen LogP contribution in [0.5, 0.6) is 0 Å². The minimum absolute atomic E-state index is 0.151. The molecule has 3 nitrogen and oxygen atoms in total. The van der Waals surface area contributed by atoms with Gasteiger partial charge in [0.25, 0.3) is 0 Å². The summed E-state index contributed by atoms with van der Waals surface area (Å²) >= 11 is 11.7. The molecule has 0 aliphatic rings. The molecule has 6 heteroatoms. The second kappa shape index (κ2) is 6.11. The van der Waals surface area contributed by atoms with E-state index in [1.54, 1.807) is 6.07 Å². The van der Waals surface area contributed by atoms with Crippen LogP contribution in [0.3, 0.4) is 0 Å². The summed E-state index contributed by atoms with van der Waals surface area (Å²) in [6.45, 7) is -0.151. The Morgan fingerprint density at radius 3 is 2.70 bits per heavy atom. The van der Waals surface area contributed by atoms with Crippen molar-refractivity contribution in [2.75, 3.05) is 5.73 Å². The molecule has 0 aromatic heterocycles. The van der Waals surface area contributed by atoms with Gasteiger partial charge in [0.15, 0.2) is 0 Å². The first-order chi connectivity index (χ1) is 9.47. The first-order valence-electron chi connectivity index (χ1n) is 5.63. The monoisotopic (exact) mass is 313 g/mol. The first-order valence-corrected chi connectivity index (χ1v) is 6.39. The minimum atomic E-state index is -0.648. The van der Waals surface area contributed by atoms with Gasteiger partial charge in [0.05, 0.1) is 5.56 Å². The molecule has 0 aliphatic carbocycles. The highest BCUT2D eigenvalue weighted by Crippen LogP contribution is 2.21. The summed E-state index contributed by atoms with van der Waals surface area (Å²) in [7, 11) is 0. The lowest BCUT2D eigenvalue weighted by atomic mass is 10.2. The van der Waals surface area contributed by atoms with Gasteiger partial charge in [-0.3, -0.25) is 0 Å². The molecular formula is C14H10Cl2FNO2. The number of carbonyl (C=O) groups is 1. The summed E-state index contributed by atoms with van der Waals surface area (Å²) in [6.07, 6.45) is 0. The van der Waals surface area contributed by atoms with Crippen LogP contribution in [0.25, 0.3) is 0 Å². The SMILES string of the molecule is Nc1ccc(Cl)cc1C(=O)OCc1cc(F)ccc1Cl. The van der Waals surface area contributed by atoms with E-state index in [1.165, 1.54) is 30.3 Å². The molecule has 0 saturated carbocycles. The Morgan fingerprint density at radius 1 is 1.20 bits per heavy atom. The van der Waals surface area contributed by atoms with E-state index in [0.717, 1.165) is 0 Å². The second-order valence-electron chi connectivity index (χ2n) is 4.04. The van der Waals surface area contributed by atoms with Crippen molar-refractivity contribution in [3.8, 4) is 0 Å². The fourth-order valence-corrected chi connectivity index (χ4v) is 1.92. The standard InChI is InChI=1S/C14H10Cl2FNO2/c15-9-1-4-13(18)11(6-9)14(19)20-7-8-5-10(17)2-3-12(8)16/h1-6H,7,18H2. The van der Waals surface area contributed by atoms with Gasteiger partial charge in [-0.25, -0.2) is 9.18 Å². The van der Waals surface area contributed by atoms with Crippen LogP contribution in [0.2, 0.25) is 10.0 Å². The first kappa shape index (κ1) is 14.6. The van der Waals surface area contributed by atoms with Crippen LogP contribution in [-0.4, -0.2) is 5.97 Å². The number of anilines is 1. The quantitative estimate of drug-likeness (QED) is 0.686. The third-order valence-corrected chi connectivity index (χ3v) is 3.21. The van der Waals surface area contributed by atoms with Gasteiger partial charge >= 0.3 is 5.97 Å². The summed E-state index contributed by atoms with van der Waals surface area (Å²) in [5.41, 5.74) is 6.46. The molecule has 0 atom stereocenters. The van der Waals surface area contributed by atoms with Gasteiger partial charge < -0.3 is 10.5 Å². The number of carbonyl (C=O) groups excluding carboxylic acids is 1. The van der Waals surface area contributed by atoms with E-state index in [4.69, 9.17) is 33.7 Å². The van der Waals surface area contributed by atoms with Crippen LogP contribution in [0.4, 0.5) is 10.1 Å². The highest BCUT2D eigenvalue weighted by Gasteiger charge is 2.13. The summed E-state index contributed by atoms with van der Waals surface area (Å²) in [5, 5.41) is 0.688. The van der Waals surface area contributed by atoms with Crippen LogP contribution >= 0.6 is 23.2 Å². The Morgan fingerprint density at radius 2 is 1.95 bits per heavy atom. The Hall–Kier alpha value is -1.78. The van der Waals surface area contributed by atoms with E-state index in [0.29, 0.717) is 15.6 Å². The molecule has 2 rings (SSSR count). The molecule has 0 radical (unpaired) electrons. The summed E-state index contributed by atoms with van der Waals surface area (Å²) in [6, 6.07) is 8.31. The van der Waals surface area contributed by atoms with Crippen LogP contribution in [0.15, 0.2) is 36.4 Å². The number of nitrogen functional groups attached to an aromatic ring is 1. The summed E-state index contributed by atoms with van der Waals surface area (Å²) in [5.74, 6) is -1.10. The van der Waals surface area contributed by atoms with Crippen molar-refractivity contribution in [3.05, 3.63) is 63.4 Å². The third kappa shape index (κ3) is 3.40. The van der Waals surface area contributed by atoms with Gasteiger partial charge in [-0.15, -0.1) is 0 Å². The fraction of sp³-hybridized carbons (Fsp3) is 0.0714. The molecule has 0 unspecified atom stereocenters. The highest BCUT2D eigenvalue weighted by atomic mass is 35.5. The maximum absolute atomic E-state index is 13.1. The normalized spacial score (nSPS) is 10.3. The lowest BCUT2D eigenvalue weighted by Gasteiger charge is -2.08. The van der Waals surface area contributed by atoms with Crippen LogP contribution in [-0.2, 0) is 11.3 Å². The second-order valence-corrected chi connectivity index (χ2v) is 4.89. The van der Waals surface area contributed by atoms with E-state index in [1.807, 2.05) is 0 Å².